The summed E-state index contributed by atoms with van der Waals surface area (Å²) in [7, 11) is 0. The summed E-state index contributed by atoms with van der Waals surface area (Å²) in [6, 6.07) is 17.3. The number of aromatic nitrogens is 1. The van der Waals surface area contributed by atoms with Crippen molar-refractivity contribution in [2.24, 2.45) is 5.16 Å². The van der Waals surface area contributed by atoms with Gasteiger partial charge in [-0.1, -0.05) is 101 Å². The standard InChI is InChI=1S/C34H32ClN5O8S2/c1-5-19-17-49-31-25(30(44)40(31)26(19)32(45)47-27(20-12-8-6-9-13-20)21-14-10-7-11-15-21)37-29(43)24(23-28(35)50-33(38-23)36-18-41)39-46-16-22(42)48-34(2,3)4/h5-15,18,25,27,31H,1,16-17H2,2-4H3,(H,37,43)(H,36,38,41)/b39-24+/t25?,31-/m1/s1. The predicted octanol–water partition coefficient (Wildman–Crippen LogP) is 4.60. The van der Waals surface area contributed by atoms with Gasteiger partial charge in [-0.15, -0.1) is 11.8 Å². The van der Waals surface area contributed by atoms with E-state index in [0.29, 0.717) is 17.7 Å². The van der Waals surface area contributed by atoms with Crippen LogP contribution in [0.15, 0.2) is 89.7 Å². The number of nitrogens with one attached hydrogen (secondary N) is 2. The van der Waals surface area contributed by atoms with E-state index in [0.717, 1.165) is 22.5 Å². The molecule has 2 aromatic carbocycles. The van der Waals surface area contributed by atoms with Gasteiger partial charge in [0, 0.05) is 5.75 Å². The van der Waals surface area contributed by atoms with Crippen LogP contribution in [-0.4, -0.2) is 75.1 Å². The summed E-state index contributed by atoms with van der Waals surface area (Å²) in [5.74, 6) is -2.67. The Balaban J connectivity index is 1.37. The molecule has 3 amide bonds. The molecule has 3 heterocycles. The van der Waals surface area contributed by atoms with Crippen LogP contribution in [0.2, 0.25) is 4.34 Å². The van der Waals surface area contributed by atoms with Crippen LogP contribution in [0.1, 0.15) is 43.7 Å². The number of carbonyl (C=O) groups excluding carboxylic acids is 5. The van der Waals surface area contributed by atoms with Crippen molar-refractivity contribution in [2.45, 2.75) is 43.9 Å². The molecule has 2 aliphatic heterocycles. The molecule has 1 unspecified atom stereocenters. The van der Waals surface area contributed by atoms with Crippen molar-refractivity contribution < 1.29 is 38.3 Å². The normalized spacial score (nSPS) is 17.3. The van der Waals surface area contributed by atoms with Crippen molar-refractivity contribution in [3.63, 3.8) is 0 Å². The van der Waals surface area contributed by atoms with Crippen LogP contribution in [0.25, 0.3) is 0 Å². The zero-order chi connectivity index (χ0) is 36.0. The van der Waals surface area contributed by atoms with Crippen molar-refractivity contribution in [1.82, 2.24) is 15.2 Å². The van der Waals surface area contributed by atoms with Gasteiger partial charge >= 0.3 is 11.9 Å². The Morgan fingerprint density at radius 1 is 1.12 bits per heavy atom. The highest BCUT2D eigenvalue weighted by molar-refractivity contribution is 8.00. The molecule has 13 nitrogen and oxygen atoms in total. The van der Waals surface area contributed by atoms with Crippen LogP contribution in [0.5, 0.6) is 0 Å². The Bertz CT molecular complexity index is 1820. The summed E-state index contributed by atoms with van der Waals surface area (Å²) in [6.45, 7) is 8.22. The lowest BCUT2D eigenvalue weighted by atomic mass is 10.0. The molecule has 2 N–H and O–H groups in total. The first-order valence-corrected chi connectivity index (χ1v) is 17.4. The molecule has 0 spiro atoms. The summed E-state index contributed by atoms with van der Waals surface area (Å²) in [5, 5.41) is 8.17. The van der Waals surface area contributed by atoms with Crippen molar-refractivity contribution in [3.05, 3.63) is 106 Å². The van der Waals surface area contributed by atoms with Gasteiger partial charge in [-0.05, 0) is 37.5 Å². The Morgan fingerprint density at radius 3 is 2.34 bits per heavy atom. The number of benzene rings is 2. The molecule has 1 fully saturated rings. The molecule has 260 valence electrons. The molecule has 3 aromatic rings. The number of oxime groups is 1. The minimum absolute atomic E-state index is 0.0206. The fourth-order valence-corrected chi connectivity index (χ4v) is 7.36. The second-order valence-corrected chi connectivity index (χ2v) is 14.5. The fourth-order valence-electron chi connectivity index (χ4n) is 5.02. The minimum Gasteiger partial charge on any atom is -0.457 e. The van der Waals surface area contributed by atoms with Gasteiger partial charge in [-0.3, -0.25) is 19.3 Å². The highest BCUT2D eigenvalue weighted by Gasteiger charge is 2.54. The molecule has 2 aliphatic rings. The number of β-lactam (4-membered cyclic amide) rings is 1. The van der Waals surface area contributed by atoms with E-state index in [9.17, 15) is 24.0 Å². The average molecular weight is 738 g/mol. The monoisotopic (exact) mass is 737 g/mol. The summed E-state index contributed by atoms with van der Waals surface area (Å²) in [4.78, 5) is 75.0. The summed E-state index contributed by atoms with van der Waals surface area (Å²) >= 11 is 8.50. The maximum atomic E-state index is 13.9. The van der Waals surface area contributed by atoms with Crippen LogP contribution in [0.3, 0.4) is 0 Å². The molecule has 1 saturated heterocycles. The topological polar surface area (TPSA) is 166 Å². The van der Waals surface area contributed by atoms with Crippen LogP contribution in [0.4, 0.5) is 5.13 Å². The largest absolute Gasteiger partial charge is 0.457 e. The van der Waals surface area contributed by atoms with Gasteiger partial charge in [0.05, 0.1) is 0 Å². The highest BCUT2D eigenvalue weighted by atomic mass is 35.5. The number of carbonyl (C=O) groups is 5. The van der Waals surface area contributed by atoms with Gasteiger partial charge < -0.3 is 24.9 Å². The van der Waals surface area contributed by atoms with E-state index in [1.54, 1.807) is 20.8 Å². The Hall–Kier alpha value is -4.99. The number of nitrogens with zero attached hydrogens (tertiary/aromatic N) is 3. The number of allylic oxidation sites excluding steroid dienone is 1. The number of thiazole rings is 1. The van der Waals surface area contributed by atoms with E-state index >= 15 is 0 Å². The van der Waals surface area contributed by atoms with E-state index < -0.39 is 59.2 Å². The van der Waals surface area contributed by atoms with E-state index in [1.807, 2.05) is 60.7 Å². The van der Waals surface area contributed by atoms with Crippen LogP contribution < -0.4 is 10.6 Å². The molecule has 1 aromatic heterocycles. The molecular formula is C34H32ClN5O8S2. The van der Waals surface area contributed by atoms with Crippen LogP contribution in [0, 0.1) is 0 Å². The lowest BCUT2D eigenvalue weighted by Gasteiger charge is -2.49. The zero-order valence-electron chi connectivity index (χ0n) is 27.1. The first-order valence-electron chi connectivity index (χ1n) is 15.1. The predicted molar refractivity (Wildman–Crippen MR) is 188 cm³/mol. The number of amides is 3. The van der Waals surface area contributed by atoms with Crippen LogP contribution >= 0.6 is 34.7 Å². The average Bonchev–Trinajstić information content (AvgIpc) is 3.46. The SMILES string of the molecule is C=CC1=C(C(=O)OC(c2ccccc2)c2ccccc2)N2C(=O)C(NC(=O)/C(=N/OCC(=O)OC(C)(C)C)c3nc(NC=O)sc3Cl)[C@H]2SC1. The Kier molecular flexibility index (Phi) is 11.4. The van der Waals surface area contributed by atoms with Gasteiger partial charge in [0.2, 0.25) is 13.0 Å². The number of esters is 2. The number of hydrogen-bond acceptors (Lipinski definition) is 12. The molecule has 0 bridgehead atoms. The van der Waals surface area contributed by atoms with Gasteiger partial charge in [0.15, 0.2) is 16.9 Å². The van der Waals surface area contributed by atoms with E-state index in [4.69, 9.17) is 25.9 Å². The Labute approximate surface area is 300 Å². The quantitative estimate of drug-likeness (QED) is 0.0833. The number of halogens is 1. The molecule has 0 saturated carbocycles. The second-order valence-electron chi connectivity index (χ2n) is 11.7. The fraction of sp³-hybridized carbons (Fsp3) is 0.265. The van der Waals surface area contributed by atoms with Crippen molar-refractivity contribution in [1.29, 1.82) is 0 Å². The molecule has 2 atom stereocenters. The van der Waals surface area contributed by atoms with Crippen LogP contribution in [-0.2, 0) is 38.3 Å². The lowest BCUT2D eigenvalue weighted by molar-refractivity contribution is -0.160. The maximum Gasteiger partial charge on any atom is 0.356 e. The third-order valence-electron chi connectivity index (χ3n) is 7.12. The third-order valence-corrected chi connectivity index (χ3v) is 9.61. The molecule has 0 aliphatic carbocycles. The number of hydrogen-bond donors (Lipinski definition) is 2. The molecule has 0 radical (unpaired) electrons. The molecule has 5 rings (SSSR count). The maximum absolute atomic E-state index is 13.9. The van der Waals surface area contributed by atoms with Gasteiger partial charge in [0.1, 0.15) is 32.7 Å². The smallest absolute Gasteiger partial charge is 0.356 e. The van der Waals surface area contributed by atoms with Gasteiger partial charge in [0.25, 0.3) is 11.8 Å². The summed E-state index contributed by atoms with van der Waals surface area (Å²) in [6.07, 6.45) is 1.12. The van der Waals surface area contributed by atoms with E-state index in [-0.39, 0.29) is 20.9 Å². The van der Waals surface area contributed by atoms with Crippen molar-refractivity contribution >= 4 is 75.7 Å². The van der Waals surface area contributed by atoms with E-state index in [1.165, 1.54) is 22.7 Å². The number of thioether (sulfide) groups is 1. The number of fused-ring (bicyclic) bond motifs is 1. The van der Waals surface area contributed by atoms with Gasteiger partial charge in [-0.25, -0.2) is 14.6 Å². The second kappa shape index (κ2) is 15.7. The lowest BCUT2D eigenvalue weighted by Crippen LogP contribution is -2.71. The number of rotatable bonds is 13. The molecular weight excluding hydrogens is 706 g/mol. The minimum atomic E-state index is -1.10. The third kappa shape index (κ3) is 8.23. The molecule has 50 heavy (non-hydrogen) atoms. The summed E-state index contributed by atoms with van der Waals surface area (Å²) in [5.41, 5.74) is 0.589. The highest BCUT2D eigenvalue weighted by Crippen LogP contribution is 2.42. The number of anilines is 1. The van der Waals surface area contributed by atoms with Crippen molar-refractivity contribution in [2.75, 3.05) is 17.7 Å². The zero-order valence-corrected chi connectivity index (χ0v) is 29.5. The van der Waals surface area contributed by atoms with Gasteiger partial charge in [-0.2, -0.15) is 0 Å². The van der Waals surface area contributed by atoms with Crippen molar-refractivity contribution in [3.8, 4) is 0 Å². The number of ether oxygens (including phenoxy) is 2. The Morgan fingerprint density at radius 2 is 1.76 bits per heavy atom. The first kappa shape index (κ1) is 36.3. The van der Waals surface area contributed by atoms with E-state index in [2.05, 4.69) is 27.4 Å². The molecule has 16 heteroatoms. The first-order chi connectivity index (χ1) is 23.9. The summed E-state index contributed by atoms with van der Waals surface area (Å²) < 4.78 is 11.3.